The molecule has 3 heterocycles. The van der Waals surface area contributed by atoms with Crippen LogP contribution in [-0.2, 0) is 17.6 Å². The molecule has 0 atom stereocenters. The second-order valence-electron chi connectivity index (χ2n) is 6.40. The van der Waals surface area contributed by atoms with Gasteiger partial charge in [-0.1, -0.05) is 6.07 Å². The highest BCUT2D eigenvalue weighted by atomic mass is 32.1. The van der Waals surface area contributed by atoms with Crippen LogP contribution in [0.2, 0.25) is 0 Å². The summed E-state index contributed by atoms with van der Waals surface area (Å²) in [6.45, 7) is 0.547. The average Bonchev–Trinajstić information content (AvgIpc) is 3.35. The molecule has 142 valence electrons. The van der Waals surface area contributed by atoms with E-state index in [4.69, 9.17) is 0 Å². The van der Waals surface area contributed by atoms with Crippen LogP contribution in [-0.4, -0.2) is 26.8 Å². The minimum absolute atomic E-state index is 0.000561. The number of aryl methyl sites for hydroxylation is 1. The summed E-state index contributed by atoms with van der Waals surface area (Å²) in [7, 11) is 0. The number of nitrogens with one attached hydrogen (secondary N) is 1. The molecule has 0 aliphatic heterocycles. The quantitative estimate of drug-likeness (QED) is 0.517. The van der Waals surface area contributed by atoms with Crippen LogP contribution in [0.15, 0.2) is 60.2 Å². The monoisotopic (exact) mass is 394 g/mol. The van der Waals surface area contributed by atoms with E-state index in [1.165, 1.54) is 23.5 Å². The third-order valence-electron chi connectivity index (χ3n) is 4.44. The van der Waals surface area contributed by atoms with E-state index in [0.29, 0.717) is 25.8 Å². The van der Waals surface area contributed by atoms with Gasteiger partial charge < -0.3 is 9.72 Å². The van der Waals surface area contributed by atoms with Crippen LogP contribution >= 0.6 is 11.3 Å². The number of hydrogen-bond donors (Lipinski definition) is 1. The van der Waals surface area contributed by atoms with Crippen molar-refractivity contribution in [2.75, 3.05) is 6.54 Å². The fourth-order valence-electron chi connectivity index (χ4n) is 2.99. The Morgan fingerprint density at radius 2 is 2.00 bits per heavy atom. The molecule has 3 aromatic heterocycles. The van der Waals surface area contributed by atoms with Gasteiger partial charge in [0.25, 0.3) is 0 Å². The van der Waals surface area contributed by atoms with E-state index < -0.39 is 0 Å². The fourth-order valence-corrected chi connectivity index (χ4v) is 3.79. The number of pyridine rings is 1. The zero-order chi connectivity index (χ0) is 19.3. The zero-order valence-corrected chi connectivity index (χ0v) is 16.0. The molecule has 0 spiro atoms. The minimum Gasteiger partial charge on any atom is -0.356 e. The number of imidazole rings is 1. The molecular formula is C21H19FN4OS. The summed E-state index contributed by atoms with van der Waals surface area (Å²) in [5.41, 5.74) is 2.73. The summed E-state index contributed by atoms with van der Waals surface area (Å²) in [6.07, 6.45) is 5.46. The van der Waals surface area contributed by atoms with Crippen LogP contribution in [0.1, 0.15) is 17.3 Å². The summed E-state index contributed by atoms with van der Waals surface area (Å²) >= 11 is 1.52. The molecule has 0 aliphatic carbocycles. The number of nitrogens with zero attached hydrogens (tertiary/aromatic N) is 3. The van der Waals surface area contributed by atoms with E-state index in [1.807, 2.05) is 40.4 Å². The molecule has 4 aromatic rings. The molecular weight excluding hydrogens is 375 g/mol. The third kappa shape index (κ3) is 4.26. The second kappa shape index (κ2) is 8.31. The van der Waals surface area contributed by atoms with Gasteiger partial charge in [0, 0.05) is 42.9 Å². The lowest BCUT2D eigenvalue weighted by Crippen LogP contribution is -2.26. The Bertz CT molecular complexity index is 1090. The number of halogens is 1. The summed E-state index contributed by atoms with van der Waals surface area (Å²) in [4.78, 5) is 21.1. The average molecular weight is 394 g/mol. The van der Waals surface area contributed by atoms with E-state index in [2.05, 4.69) is 15.3 Å². The van der Waals surface area contributed by atoms with Gasteiger partial charge >= 0.3 is 0 Å². The van der Waals surface area contributed by atoms with Gasteiger partial charge in [-0.05, 0) is 36.4 Å². The van der Waals surface area contributed by atoms with Crippen LogP contribution in [0.3, 0.4) is 0 Å². The van der Waals surface area contributed by atoms with Crippen molar-refractivity contribution in [3.8, 4) is 11.3 Å². The lowest BCUT2D eigenvalue weighted by molar-refractivity contribution is -0.121. The van der Waals surface area contributed by atoms with Crippen molar-refractivity contribution in [2.45, 2.75) is 19.3 Å². The van der Waals surface area contributed by atoms with Crippen LogP contribution < -0.4 is 5.32 Å². The second-order valence-corrected chi connectivity index (χ2v) is 7.35. The molecule has 0 unspecified atom stereocenters. The maximum Gasteiger partial charge on any atom is 0.220 e. The fraction of sp³-hybridized carbons (Fsp3) is 0.190. The summed E-state index contributed by atoms with van der Waals surface area (Å²) in [5.74, 6) is 0.665. The van der Waals surface area contributed by atoms with E-state index >= 15 is 0 Å². The number of carbonyl (C=O) groups is 1. The standard InChI is InChI=1S/C21H19FN4OS/c22-16-6-4-15(5-7-16)18-14-28-21(25-18)9-8-20(27)23-11-10-19-24-13-17-3-1-2-12-26(17)19/h1-7,12-14H,8-11H2,(H,23,27). The van der Waals surface area contributed by atoms with Crippen molar-refractivity contribution in [3.05, 3.63) is 76.9 Å². The Morgan fingerprint density at radius 3 is 2.86 bits per heavy atom. The van der Waals surface area contributed by atoms with Crippen molar-refractivity contribution >= 4 is 22.8 Å². The first-order valence-corrected chi connectivity index (χ1v) is 9.95. The molecule has 1 aromatic carbocycles. The molecule has 0 radical (unpaired) electrons. The van der Waals surface area contributed by atoms with Crippen molar-refractivity contribution < 1.29 is 9.18 Å². The number of fused-ring (bicyclic) bond motifs is 1. The number of rotatable bonds is 7. The highest BCUT2D eigenvalue weighted by molar-refractivity contribution is 7.09. The Balaban J connectivity index is 1.25. The molecule has 0 saturated heterocycles. The van der Waals surface area contributed by atoms with Crippen LogP contribution in [0.5, 0.6) is 0 Å². The SMILES string of the molecule is O=C(CCc1nc(-c2ccc(F)cc2)cs1)NCCc1ncc2ccccn12. The summed E-state index contributed by atoms with van der Waals surface area (Å²) < 4.78 is 15.0. The molecule has 0 aliphatic rings. The molecule has 1 N–H and O–H groups in total. The number of thiazole rings is 1. The topological polar surface area (TPSA) is 59.3 Å². The Labute approximate surface area is 165 Å². The van der Waals surface area contributed by atoms with Gasteiger partial charge in [0.2, 0.25) is 5.91 Å². The first-order chi connectivity index (χ1) is 13.7. The third-order valence-corrected chi connectivity index (χ3v) is 5.35. The number of aromatic nitrogens is 3. The molecule has 5 nitrogen and oxygen atoms in total. The van der Waals surface area contributed by atoms with Gasteiger partial charge in [-0.2, -0.15) is 0 Å². The van der Waals surface area contributed by atoms with Crippen molar-refractivity contribution in [1.29, 1.82) is 0 Å². The Kier molecular flexibility index (Phi) is 5.43. The predicted octanol–water partition coefficient (Wildman–Crippen LogP) is 3.89. The van der Waals surface area contributed by atoms with Crippen LogP contribution in [0.25, 0.3) is 16.8 Å². The van der Waals surface area contributed by atoms with E-state index in [-0.39, 0.29) is 11.7 Å². The van der Waals surface area contributed by atoms with Gasteiger partial charge in [0.1, 0.15) is 11.6 Å². The van der Waals surface area contributed by atoms with Crippen molar-refractivity contribution in [1.82, 2.24) is 19.7 Å². The van der Waals surface area contributed by atoms with Gasteiger partial charge in [0.15, 0.2) is 0 Å². The first kappa shape index (κ1) is 18.3. The van der Waals surface area contributed by atoms with Gasteiger partial charge in [0.05, 0.1) is 22.4 Å². The molecule has 0 fully saturated rings. The summed E-state index contributed by atoms with van der Waals surface area (Å²) in [5, 5.41) is 5.77. The predicted molar refractivity (Wildman–Crippen MR) is 108 cm³/mol. The van der Waals surface area contributed by atoms with Crippen molar-refractivity contribution in [3.63, 3.8) is 0 Å². The maximum absolute atomic E-state index is 13.0. The zero-order valence-electron chi connectivity index (χ0n) is 15.1. The van der Waals surface area contributed by atoms with Gasteiger partial charge in [-0.25, -0.2) is 14.4 Å². The van der Waals surface area contributed by atoms with E-state index in [0.717, 1.165) is 27.6 Å². The molecule has 1 amide bonds. The normalized spacial score (nSPS) is 11.0. The van der Waals surface area contributed by atoms with Crippen molar-refractivity contribution in [2.24, 2.45) is 0 Å². The molecule has 0 saturated carbocycles. The molecule has 0 bridgehead atoms. The maximum atomic E-state index is 13.0. The van der Waals surface area contributed by atoms with Crippen LogP contribution in [0, 0.1) is 5.82 Å². The van der Waals surface area contributed by atoms with Gasteiger partial charge in [-0.15, -0.1) is 11.3 Å². The Morgan fingerprint density at radius 1 is 1.14 bits per heavy atom. The smallest absolute Gasteiger partial charge is 0.220 e. The number of amides is 1. The highest BCUT2D eigenvalue weighted by Gasteiger charge is 2.08. The molecule has 28 heavy (non-hydrogen) atoms. The first-order valence-electron chi connectivity index (χ1n) is 9.07. The molecule has 7 heteroatoms. The lowest BCUT2D eigenvalue weighted by atomic mass is 10.2. The Hall–Kier alpha value is -3.06. The van der Waals surface area contributed by atoms with Gasteiger partial charge in [-0.3, -0.25) is 4.79 Å². The molecule has 4 rings (SSSR count). The highest BCUT2D eigenvalue weighted by Crippen LogP contribution is 2.22. The number of carbonyl (C=O) groups excluding carboxylic acids is 1. The minimum atomic E-state index is -0.265. The summed E-state index contributed by atoms with van der Waals surface area (Å²) in [6, 6.07) is 12.2. The van der Waals surface area contributed by atoms with Crippen LogP contribution in [0.4, 0.5) is 4.39 Å². The number of benzene rings is 1. The number of hydrogen-bond acceptors (Lipinski definition) is 4. The van der Waals surface area contributed by atoms with E-state index in [1.54, 1.807) is 12.1 Å². The van der Waals surface area contributed by atoms with E-state index in [9.17, 15) is 9.18 Å². The lowest BCUT2D eigenvalue weighted by Gasteiger charge is -2.04. The largest absolute Gasteiger partial charge is 0.356 e.